The summed E-state index contributed by atoms with van der Waals surface area (Å²) < 4.78 is 0. The van der Waals surface area contributed by atoms with Gasteiger partial charge in [0.15, 0.2) is 0 Å². The first-order valence-electron chi connectivity index (χ1n) is 6.16. The minimum atomic E-state index is -0.638. The van der Waals surface area contributed by atoms with Crippen molar-refractivity contribution in [3.05, 3.63) is 0 Å². The van der Waals surface area contributed by atoms with Crippen molar-refractivity contribution >= 4 is 0 Å². The van der Waals surface area contributed by atoms with Gasteiger partial charge in [-0.15, -0.1) is 0 Å². The molecule has 0 aromatic rings. The first-order chi connectivity index (χ1) is 6.68. The molecule has 1 N–H and O–H groups in total. The molecular weight excluding hydrogens is 186 g/mol. The molecule has 90 valence electrons. The van der Waals surface area contributed by atoms with Gasteiger partial charge in [-0.25, -0.2) is 0 Å². The molecule has 0 radical (unpaired) electrons. The van der Waals surface area contributed by atoms with E-state index in [1.54, 1.807) is 0 Å². The molecule has 0 aromatic carbocycles. The molecule has 0 spiro atoms. The van der Waals surface area contributed by atoms with Crippen LogP contribution in [0.2, 0.25) is 0 Å². The highest BCUT2D eigenvalue weighted by molar-refractivity contribution is 5.05. The van der Waals surface area contributed by atoms with E-state index in [0.29, 0.717) is 5.41 Å². The Balaban J connectivity index is 2.65. The largest absolute Gasteiger partial charge is 0.389 e. The molecule has 0 atom stereocenters. The van der Waals surface area contributed by atoms with Crippen LogP contribution in [0.5, 0.6) is 0 Å². The fourth-order valence-corrected chi connectivity index (χ4v) is 2.24. The second-order valence-electron chi connectivity index (χ2n) is 6.18. The SMILES string of the molecule is CCC1(CC)CN(C(C)(C)C(C)(C)O)C1. The lowest BCUT2D eigenvalue weighted by Crippen LogP contribution is -2.69. The Hall–Kier alpha value is -0.0800. The van der Waals surface area contributed by atoms with Gasteiger partial charge >= 0.3 is 0 Å². The molecule has 0 saturated carbocycles. The predicted molar refractivity (Wildman–Crippen MR) is 65.0 cm³/mol. The number of likely N-dealkylation sites (tertiary alicyclic amines) is 1. The van der Waals surface area contributed by atoms with Crippen molar-refractivity contribution in [2.45, 2.75) is 65.5 Å². The van der Waals surface area contributed by atoms with Gasteiger partial charge in [-0.3, -0.25) is 4.90 Å². The van der Waals surface area contributed by atoms with Gasteiger partial charge in [0, 0.05) is 18.6 Å². The Morgan fingerprint density at radius 2 is 1.47 bits per heavy atom. The van der Waals surface area contributed by atoms with Crippen molar-refractivity contribution in [2.75, 3.05) is 13.1 Å². The standard InChI is InChI=1S/C13H27NO/c1-7-13(8-2)9-14(10-13)11(3,4)12(5,6)15/h15H,7-10H2,1-6H3. The van der Waals surface area contributed by atoms with Gasteiger partial charge in [-0.2, -0.15) is 0 Å². The van der Waals surface area contributed by atoms with Crippen LogP contribution < -0.4 is 0 Å². The predicted octanol–water partition coefficient (Wildman–Crippen LogP) is 2.66. The molecule has 1 fully saturated rings. The maximum absolute atomic E-state index is 10.2. The van der Waals surface area contributed by atoms with Crippen molar-refractivity contribution in [1.82, 2.24) is 4.90 Å². The molecule has 0 unspecified atom stereocenters. The number of nitrogens with zero attached hydrogens (tertiary/aromatic N) is 1. The monoisotopic (exact) mass is 213 g/mol. The minimum absolute atomic E-state index is 0.124. The zero-order valence-corrected chi connectivity index (χ0v) is 11.2. The third-order valence-corrected chi connectivity index (χ3v) is 4.84. The highest BCUT2D eigenvalue weighted by Gasteiger charge is 2.50. The molecule has 1 rings (SSSR count). The van der Waals surface area contributed by atoms with Crippen LogP contribution >= 0.6 is 0 Å². The number of aliphatic hydroxyl groups is 1. The van der Waals surface area contributed by atoms with E-state index in [1.807, 2.05) is 13.8 Å². The van der Waals surface area contributed by atoms with Gasteiger partial charge < -0.3 is 5.11 Å². The van der Waals surface area contributed by atoms with E-state index in [-0.39, 0.29) is 5.54 Å². The van der Waals surface area contributed by atoms with E-state index in [2.05, 4.69) is 32.6 Å². The summed E-state index contributed by atoms with van der Waals surface area (Å²) in [6.07, 6.45) is 2.50. The lowest BCUT2D eigenvalue weighted by Gasteiger charge is -2.59. The summed E-state index contributed by atoms with van der Waals surface area (Å²) in [5.74, 6) is 0. The fraction of sp³-hybridized carbons (Fsp3) is 1.00. The van der Waals surface area contributed by atoms with Crippen molar-refractivity contribution in [2.24, 2.45) is 5.41 Å². The normalized spacial score (nSPS) is 22.6. The summed E-state index contributed by atoms with van der Waals surface area (Å²) in [7, 11) is 0. The summed E-state index contributed by atoms with van der Waals surface area (Å²) in [4.78, 5) is 2.42. The average Bonchev–Trinajstić information content (AvgIpc) is 2.01. The van der Waals surface area contributed by atoms with Crippen molar-refractivity contribution in [3.8, 4) is 0 Å². The summed E-state index contributed by atoms with van der Waals surface area (Å²) >= 11 is 0. The molecule has 1 aliphatic rings. The van der Waals surface area contributed by atoms with E-state index in [1.165, 1.54) is 12.8 Å². The Labute approximate surface area is 94.7 Å². The molecule has 0 aromatic heterocycles. The zero-order chi connectivity index (χ0) is 11.9. The first kappa shape index (κ1) is 13.0. The highest BCUT2D eigenvalue weighted by Crippen LogP contribution is 2.43. The van der Waals surface area contributed by atoms with Crippen LogP contribution in [-0.4, -0.2) is 34.2 Å². The van der Waals surface area contributed by atoms with E-state index < -0.39 is 5.60 Å². The first-order valence-corrected chi connectivity index (χ1v) is 6.16. The summed E-state index contributed by atoms with van der Waals surface area (Å²) in [5.41, 5.74) is -0.246. The van der Waals surface area contributed by atoms with Crippen LogP contribution in [0.4, 0.5) is 0 Å². The van der Waals surface area contributed by atoms with Crippen LogP contribution in [0.15, 0.2) is 0 Å². The maximum atomic E-state index is 10.2. The molecular formula is C13H27NO. The quantitative estimate of drug-likeness (QED) is 0.776. The lowest BCUT2D eigenvalue weighted by atomic mass is 9.70. The molecule has 2 heteroatoms. The average molecular weight is 213 g/mol. The minimum Gasteiger partial charge on any atom is -0.389 e. The summed E-state index contributed by atoms with van der Waals surface area (Å²) in [5, 5.41) is 10.2. The Morgan fingerprint density at radius 1 is 1.07 bits per heavy atom. The molecule has 1 heterocycles. The van der Waals surface area contributed by atoms with Gasteiger partial charge in [0.1, 0.15) is 0 Å². The van der Waals surface area contributed by atoms with Crippen molar-refractivity contribution in [3.63, 3.8) is 0 Å². The number of hydrogen-bond donors (Lipinski definition) is 1. The molecule has 1 saturated heterocycles. The van der Waals surface area contributed by atoms with E-state index in [0.717, 1.165) is 13.1 Å². The van der Waals surface area contributed by atoms with Crippen LogP contribution in [0.1, 0.15) is 54.4 Å². The Morgan fingerprint density at radius 3 is 1.73 bits per heavy atom. The topological polar surface area (TPSA) is 23.5 Å². The molecule has 1 aliphatic heterocycles. The highest BCUT2D eigenvalue weighted by atomic mass is 16.3. The molecule has 2 nitrogen and oxygen atoms in total. The molecule has 15 heavy (non-hydrogen) atoms. The van der Waals surface area contributed by atoms with Gasteiger partial charge in [0.05, 0.1) is 5.60 Å². The summed E-state index contributed by atoms with van der Waals surface area (Å²) in [6, 6.07) is 0. The zero-order valence-electron chi connectivity index (χ0n) is 11.2. The molecule has 0 aliphatic carbocycles. The third kappa shape index (κ3) is 2.07. The van der Waals surface area contributed by atoms with Crippen LogP contribution in [-0.2, 0) is 0 Å². The van der Waals surface area contributed by atoms with Crippen LogP contribution in [0, 0.1) is 5.41 Å². The van der Waals surface area contributed by atoms with Gasteiger partial charge in [-0.05, 0) is 46.0 Å². The summed E-state index contributed by atoms with van der Waals surface area (Å²) in [6.45, 7) is 14.9. The van der Waals surface area contributed by atoms with Gasteiger partial charge in [0.2, 0.25) is 0 Å². The van der Waals surface area contributed by atoms with Crippen molar-refractivity contribution in [1.29, 1.82) is 0 Å². The molecule has 0 bridgehead atoms. The molecule has 0 amide bonds. The lowest BCUT2D eigenvalue weighted by molar-refractivity contribution is -0.146. The van der Waals surface area contributed by atoms with Gasteiger partial charge in [-0.1, -0.05) is 13.8 Å². The Kier molecular flexibility index (Phi) is 3.24. The van der Waals surface area contributed by atoms with Crippen LogP contribution in [0.25, 0.3) is 0 Å². The second kappa shape index (κ2) is 3.74. The Bertz CT molecular complexity index is 215. The second-order valence-corrected chi connectivity index (χ2v) is 6.18. The maximum Gasteiger partial charge on any atom is 0.0769 e. The van der Waals surface area contributed by atoms with E-state index in [9.17, 15) is 5.11 Å². The smallest absolute Gasteiger partial charge is 0.0769 e. The van der Waals surface area contributed by atoms with Crippen molar-refractivity contribution < 1.29 is 5.11 Å². The van der Waals surface area contributed by atoms with E-state index in [4.69, 9.17) is 0 Å². The third-order valence-electron chi connectivity index (χ3n) is 4.84. The van der Waals surface area contributed by atoms with Crippen LogP contribution in [0.3, 0.4) is 0 Å². The fourth-order valence-electron chi connectivity index (χ4n) is 2.24. The number of hydrogen-bond acceptors (Lipinski definition) is 2. The van der Waals surface area contributed by atoms with Gasteiger partial charge in [0.25, 0.3) is 0 Å². The number of rotatable bonds is 4. The van der Waals surface area contributed by atoms with E-state index >= 15 is 0 Å².